The lowest BCUT2D eigenvalue weighted by atomic mass is 9.85. The van der Waals surface area contributed by atoms with Crippen LogP contribution in [0.4, 0.5) is 9.18 Å². The van der Waals surface area contributed by atoms with Gasteiger partial charge in [0, 0.05) is 30.5 Å². The maximum absolute atomic E-state index is 13.3. The predicted molar refractivity (Wildman–Crippen MR) is 100 cm³/mol. The normalized spacial score (nSPS) is 21.4. The summed E-state index contributed by atoms with van der Waals surface area (Å²) in [6.07, 6.45) is 0.390. The Labute approximate surface area is 160 Å². The van der Waals surface area contributed by atoms with Crippen molar-refractivity contribution in [1.82, 2.24) is 4.90 Å². The van der Waals surface area contributed by atoms with Gasteiger partial charge in [0.15, 0.2) is 0 Å². The van der Waals surface area contributed by atoms with Crippen molar-refractivity contribution >= 4 is 22.0 Å². The van der Waals surface area contributed by atoms with Crippen molar-refractivity contribution in [2.45, 2.75) is 31.4 Å². The van der Waals surface area contributed by atoms with E-state index in [1.54, 1.807) is 17.0 Å². The van der Waals surface area contributed by atoms with E-state index in [4.69, 9.17) is 4.74 Å². The lowest BCUT2D eigenvalue weighted by Gasteiger charge is -2.43. The molecule has 4 nitrogen and oxygen atoms in total. The Balaban J connectivity index is 1.81. The first-order valence-corrected chi connectivity index (χ1v) is 9.36. The zero-order chi connectivity index (χ0) is 18.7. The van der Waals surface area contributed by atoms with Crippen LogP contribution in [0.15, 0.2) is 53.0 Å². The molecule has 0 aliphatic carbocycles. The molecule has 0 saturated carbocycles. The van der Waals surface area contributed by atoms with Crippen molar-refractivity contribution in [3.05, 3.63) is 69.9 Å². The zero-order valence-corrected chi connectivity index (χ0v) is 16.1. The predicted octanol–water partition coefficient (Wildman–Crippen LogP) is 4.77. The van der Waals surface area contributed by atoms with E-state index in [-0.39, 0.29) is 24.9 Å². The van der Waals surface area contributed by atoms with Crippen LogP contribution in [0.3, 0.4) is 0 Å². The second-order valence-corrected chi connectivity index (χ2v) is 7.43. The molecule has 0 radical (unpaired) electrons. The average Bonchev–Trinajstić information content (AvgIpc) is 2.63. The SMILES string of the molecule is CC(c1ccc(Br)cc1)N1CCC(CCO)(c2ccc(F)cc2)OC1=O. The van der Waals surface area contributed by atoms with Gasteiger partial charge in [-0.1, -0.05) is 40.2 Å². The second-order valence-electron chi connectivity index (χ2n) is 6.51. The molecule has 6 heteroatoms. The minimum atomic E-state index is -0.921. The van der Waals surface area contributed by atoms with Gasteiger partial charge in [-0.2, -0.15) is 0 Å². The molecule has 1 aliphatic rings. The van der Waals surface area contributed by atoms with Crippen molar-refractivity contribution in [3.63, 3.8) is 0 Å². The van der Waals surface area contributed by atoms with Gasteiger partial charge in [-0.15, -0.1) is 0 Å². The van der Waals surface area contributed by atoms with Crippen LogP contribution in [0.1, 0.15) is 36.9 Å². The lowest BCUT2D eigenvalue weighted by molar-refractivity contribution is -0.0718. The number of cyclic esters (lactones) is 1. The summed E-state index contributed by atoms with van der Waals surface area (Å²) in [7, 11) is 0. The van der Waals surface area contributed by atoms with E-state index in [1.807, 2.05) is 31.2 Å². The summed E-state index contributed by atoms with van der Waals surface area (Å²) >= 11 is 3.41. The van der Waals surface area contributed by atoms with Gasteiger partial charge in [-0.25, -0.2) is 9.18 Å². The van der Waals surface area contributed by atoms with E-state index in [0.29, 0.717) is 18.5 Å². The third-order valence-electron chi connectivity index (χ3n) is 4.98. The number of rotatable bonds is 5. The maximum Gasteiger partial charge on any atom is 0.411 e. The Morgan fingerprint density at radius 2 is 1.88 bits per heavy atom. The Kier molecular flexibility index (Phi) is 5.63. The van der Waals surface area contributed by atoms with Crippen LogP contribution in [0.2, 0.25) is 0 Å². The lowest BCUT2D eigenvalue weighted by Crippen LogP contribution is -2.49. The fraction of sp³-hybridized carbons (Fsp3) is 0.350. The summed E-state index contributed by atoms with van der Waals surface area (Å²) in [6.45, 7) is 2.34. The maximum atomic E-state index is 13.3. The van der Waals surface area contributed by atoms with Crippen molar-refractivity contribution < 1.29 is 19.0 Å². The first kappa shape index (κ1) is 18.9. The summed E-state index contributed by atoms with van der Waals surface area (Å²) in [6, 6.07) is 13.6. The van der Waals surface area contributed by atoms with Gasteiger partial charge in [0.2, 0.25) is 0 Å². The minimum Gasteiger partial charge on any atom is -0.438 e. The number of nitrogens with zero attached hydrogens (tertiary/aromatic N) is 1. The number of ether oxygens (including phenoxy) is 1. The number of carbonyl (C=O) groups excluding carboxylic acids is 1. The van der Waals surface area contributed by atoms with Crippen LogP contribution in [-0.4, -0.2) is 29.3 Å². The van der Waals surface area contributed by atoms with Gasteiger partial charge in [-0.05, 0) is 42.3 Å². The Hall–Kier alpha value is -1.92. The molecule has 2 atom stereocenters. The largest absolute Gasteiger partial charge is 0.438 e. The number of carbonyl (C=O) groups is 1. The molecule has 138 valence electrons. The first-order valence-electron chi connectivity index (χ1n) is 8.57. The van der Waals surface area contributed by atoms with Crippen LogP contribution < -0.4 is 0 Å². The molecule has 2 aromatic rings. The molecule has 1 N–H and O–H groups in total. The van der Waals surface area contributed by atoms with E-state index in [9.17, 15) is 14.3 Å². The minimum absolute atomic E-state index is 0.118. The fourth-order valence-electron chi connectivity index (χ4n) is 3.40. The number of halogens is 2. The van der Waals surface area contributed by atoms with Gasteiger partial charge in [0.25, 0.3) is 0 Å². The molecule has 1 amide bonds. The zero-order valence-electron chi connectivity index (χ0n) is 14.5. The molecule has 2 aromatic carbocycles. The van der Waals surface area contributed by atoms with Gasteiger partial charge in [0.1, 0.15) is 11.4 Å². The highest BCUT2D eigenvalue weighted by Gasteiger charge is 2.43. The van der Waals surface area contributed by atoms with Gasteiger partial charge >= 0.3 is 6.09 Å². The molecular weight excluding hydrogens is 401 g/mol. The van der Waals surface area contributed by atoms with Crippen molar-refractivity contribution in [2.24, 2.45) is 0 Å². The van der Waals surface area contributed by atoms with E-state index in [1.165, 1.54) is 12.1 Å². The summed E-state index contributed by atoms with van der Waals surface area (Å²) < 4.78 is 20.1. The summed E-state index contributed by atoms with van der Waals surface area (Å²) in [4.78, 5) is 14.4. The van der Waals surface area contributed by atoms with Crippen LogP contribution in [0, 0.1) is 5.82 Å². The molecular formula is C20H21BrFNO3. The Morgan fingerprint density at radius 3 is 2.46 bits per heavy atom. The molecule has 3 rings (SSSR count). The average molecular weight is 422 g/mol. The van der Waals surface area contributed by atoms with Crippen LogP contribution in [0.5, 0.6) is 0 Å². The highest BCUT2D eigenvalue weighted by Crippen LogP contribution is 2.39. The van der Waals surface area contributed by atoms with Crippen molar-refractivity contribution in [3.8, 4) is 0 Å². The highest BCUT2D eigenvalue weighted by molar-refractivity contribution is 9.10. The highest BCUT2D eigenvalue weighted by atomic mass is 79.9. The van der Waals surface area contributed by atoms with Crippen molar-refractivity contribution in [2.75, 3.05) is 13.2 Å². The summed E-state index contributed by atoms with van der Waals surface area (Å²) in [5, 5.41) is 9.48. The monoisotopic (exact) mass is 421 g/mol. The number of aliphatic hydroxyl groups excluding tert-OH is 1. The standard InChI is InChI=1S/C20H21BrFNO3/c1-14(15-2-6-17(21)7-3-15)23-12-10-20(11-13-24,26-19(23)25)16-4-8-18(22)9-5-16/h2-9,14,24H,10-13H2,1H3. The second kappa shape index (κ2) is 7.76. The van der Waals surface area contributed by atoms with Crippen LogP contribution in [0.25, 0.3) is 0 Å². The number of amides is 1. The molecule has 0 spiro atoms. The van der Waals surface area contributed by atoms with Gasteiger partial charge in [-0.3, -0.25) is 0 Å². The molecule has 0 bridgehead atoms. The summed E-state index contributed by atoms with van der Waals surface area (Å²) in [5.41, 5.74) is 0.800. The molecule has 1 heterocycles. The number of benzene rings is 2. The molecule has 1 fully saturated rings. The van der Waals surface area contributed by atoms with Crippen LogP contribution in [-0.2, 0) is 10.3 Å². The fourth-order valence-corrected chi connectivity index (χ4v) is 3.66. The number of aliphatic hydroxyl groups is 1. The first-order chi connectivity index (χ1) is 12.4. The number of hydrogen-bond donors (Lipinski definition) is 1. The topological polar surface area (TPSA) is 49.8 Å². The quantitative estimate of drug-likeness (QED) is 0.756. The molecule has 1 saturated heterocycles. The van der Waals surface area contributed by atoms with Gasteiger partial charge in [0.05, 0.1) is 6.04 Å². The van der Waals surface area contributed by atoms with Gasteiger partial charge < -0.3 is 14.7 Å². The van der Waals surface area contributed by atoms with E-state index >= 15 is 0 Å². The Morgan fingerprint density at radius 1 is 1.23 bits per heavy atom. The van der Waals surface area contributed by atoms with Crippen LogP contribution >= 0.6 is 15.9 Å². The van der Waals surface area contributed by atoms with E-state index in [2.05, 4.69) is 15.9 Å². The molecule has 26 heavy (non-hydrogen) atoms. The molecule has 2 unspecified atom stereocenters. The molecule has 0 aromatic heterocycles. The van der Waals surface area contributed by atoms with E-state index < -0.39 is 11.7 Å². The Bertz CT molecular complexity index is 766. The third kappa shape index (κ3) is 3.76. The smallest absolute Gasteiger partial charge is 0.411 e. The third-order valence-corrected chi connectivity index (χ3v) is 5.51. The summed E-state index contributed by atoms with van der Waals surface area (Å²) in [5.74, 6) is -0.347. The van der Waals surface area contributed by atoms with Crippen molar-refractivity contribution in [1.29, 1.82) is 0 Å². The number of hydrogen-bond acceptors (Lipinski definition) is 3. The molecule has 1 aliphatic heterocycles. The van der Waals surface area contributed by atoms with E-state index in [0.717, 1.165) is 10.0 Å².